The van der Waals surface area contributed by atoms with Crippen molar-refractivity contribution < 1.29 is 72.3 Å². The molecule has 1 amide bonds. The summed E-state index contributed by atoms with van der Waals surface area (Å²) in [4.78, 5) is 61.4. The van der Waals surface area contributed by atoms with Gasteiger partial charge in [0.05, 0.1) is 32.0 Å². The van der Waals surface area contributed by atoms with Crippen molar-refractivity contribution in [3.63, 3.8) is 0 Å². The van der Waals surface area contributed by atoms with Crippen LogP contribution in [0, 0.1) is 0 Å². The summed E-state index contributed by atoms with van der Waals surface area (Å²) in [5.74, 6) is -3.44. The lowest BCUT2D eigenvalue weighted by molar-refractivity contribution is -0.268. The molecule has 0 spiro atoms. The van der Waals surface area contributed by atoms with Gasteiger partial charge in [0.25, 0.3) is 7.82 Å². The molecule has 5 unspecified atom stereocenters. The number of hydrogen-bond donors (Lipinski definition) is 7. The number of carbonyl (C=O) groups is 1. The fourth-order valence-corrected chi connectivity index (χ4v) is 6.38. The van der Waals surface area contributed by atoms with Crippen LogP contribution < -0.4 is 26.5 Å². The van der Waals surface area contributed by atoms with Gasteiger partial charge in [-0.15, -0.1) is 0 Å². The van der Waals surface area contributed by atoms with Crippen molar-refractivity contribution in [2.45, 2.75) is 68.3 Å². The van der Waals surface area contributed by atoms with Crippen molar-refractivity contribution >= 4 is 27.1 Å². The number of aliphatic hydroxyl groups is 4. The summed E-state index contributed by atoms with van der Waals surface area (Å²) in [6, 6.07) is -0.0637. The molecular weight excluding hydrogens is 602 g/mol. The molecule has 0 radical (unpaired) electrons. The predicted molar refractivity (Wildman–Crippen MR) is 127 cm³/mol. The number of phosphoric acid groups is 1. The molecule has 2 aliphatic rings. The van der Waals surface area contributed by atoms with Crippen molar-refractivity contribution in [2.24, 2.45) is 0 Å². The van der Waals surface area contributed by atoms with Gasteiger partial charge in [-0.2, -0.15) is 4.98 Å². The highest BCUT2D eigenvalue weighted by Crippen LogP contribution is 2.52. The molecule has 0 saturated carbocycles. The molecule has 41 heavy (non-hydrogen) atoms. The summed E-state index contributed by atoms with van der Waals surface area (Å²) in [5, 5.41) is 42.4. The first-order valence-electron chi connectivity index (χ1n) is 11.9. The maximum absolute atomic E-state index is 12.6. The van der Waals surface area contributed by atoms with Crippen LogP contribution in [-0.4, -0.2) is 109 Å². The van der Waals surface area contributed by atoms with Crippen molar-refractivity contribution in [1.82, 2.24) is 14.9 Å². The highest BCUT2D eigenvalue weighted by molar-refractivity contribution is 7.52. The topological polar surface area (TPSA) is 318 Å². The van der Waals surface area contributed by atoms with Crippen LogP contribution in [0.5, 0.6) is 0 Å². The second-order valence-corrected chi connectivity index (χ2v) is 12.1. The van der Waals surface area contributed by atoms with E-state index in [4.69, 9.17) is 25.1 Å². The minimum Gasteiger partial charge on any atom is -0.777 e. The fourth-order valence-electron chi connectivity index (χ4n) is 4.15. The number of aromatic nitrogens is 2. The second-order valence-electron chi connectivity index (χ2n) is 9.06. The Morgan fingerprint density at radius 1 is 1.29 bits per heavy atom. The normalized spacial score (nSPS) is 34.0. The molecule has 8 N–H and O–H groups in total. The van der Waals surface area contributed by atoms with E-state index in [0.29, 0.717) is 0 Å². The van der Waals surface area contributed by atoms with Crippen molar-refractivity contribution in [3.05, 3.63) is 22.7 Å². The molecule has 2 saturated heterocycles. The maximum atomic E-state index is 12.6. The van der Waals surface area contributed by atoms with Gasteiger partial charge in [0.2, 0.25) is 5.91 Å². The van der Waals surface area contributed by atoms with Gasteiger partial charge in [0.15, 0.2) is 26.0 Å². The highest BCUT2D eigenvalue weighted by Gasteiger charge is 2.47. The summed E-state index contributed by atoms with van der Waals surface area (Å²) >= 11 is 0. The van der Waals surface area contributed by atoms with Crippen molar-refractivity contribution in [3.8, 4) is 0 Å². The van der Waals surface area contributed by atoms with E-state index in [1.54, 1.807) is 0 Å². The van der Waals surface area contributed by atoms with E-state index in [0.717, 1.165) is 17.7 Å². The van der Waals surface area contributed by atoms with Gasteiger partial charge in [0, 0.05) is 19.5 Å². The number of aliphatic hydroxyl groups excluding tert-OH is 4. The standard InChI is InChI=1S/C19H32N4O16P2/c1-8(25)21-13-9(26)6-10(38-17(13)35-5-4-24)18(40(30,31)32)39-41(33,34)36-7-11-14(27)15(28)16(37-11)23-3-2-12(20)22-19(23)29/h2-3,9-11,13-18,24,26-28H,4-7H2,1H3,(H,21,25)(H,33,34)(H2,20,22,29)(H2,30,31,32)/p-2/t9-,10-,11-,13-,14+,15?,16-,17?,18?/m1/s1. The van der Waals surface area contributed by atoms with E-state index in [2.05, 4.69) is 19.3 Å². The number of carbonyl (C=O) groups excluding carboxylic acids is 1. The zero-order valence-electron chi connectivity index (χ0n) is 21.3. The number of hydrogen-bond acceptors (Lipinski definition) is 17. The van der Waals surface area contributed by atoms with Crippen LogP contribution in [-0.2, 0) is 37.2 Å². The first-order valence-corrected chi connectivity index (χ1v) is 15.0. The van der Waals surface area contributed by atoms with Gasteiger partial charge in [-0.25, -0.2) is 4.79 Å². The molecule has 1 aromatic rings. The molecule has 3 heterocycles. The Hall–Kier alpha value is -1.87. The van der Waals surface area contributed by atoms with E-state index in [1.807, 2.05) is 0 Å². The number of anilines is 1. The van der Waals surface area contributed by atoms with Crippen LogP contribution in [0.1, 0.15) is 19.6 Å². The number of nitrogens with one attached hydrogen (secondary N) is 1. The number of nitrogen functional groups attached to an aromatic ring is 1. The molecular formula is C19H30N4O16P2-2. The fraction of sp³-hybridized carbons (Fsp3) is 0.737. The molecule has 2 aliphatic heterocycles. The quantitative estimate of drug-likeness (QED) is 0.106. The molecule has 1 aromatic heterocycles. The summed E-state index contributed by atoms with van der Waals surface area (Å²) in [5.41, 5.74) is 4.45. The zero-order chi connectivity index (χ0) is 30.7. The van der Waals surface area contributed by atoms with Crippen LogP contribution in [0.4, 0.5) is 5.82 Å². The largest absolute Gasteiger partial charge is 0.777 e. The van der Waals surface area contributed by atoms with Gasteiger partial charge in [0.1, 0.15) is 30.2 Å². The Kier molecular flexibility index (Phi) is 11.2. The van der Waals surface area contributed by atoms with Crippen molar-refractivity contribution in [2.75, 3.05) is 25.6 Å². The number of nitrogens with two attached hydrogens (primary N) is 1. The lowest BCUT2D eigenvalue weighted by atomic mass is 10.00. The summed E-state index contributed by atoms with van der Waals surface area (Å²) in [6.07, 6.45) is -11.3. The van der Waals surface area contributed by atoms with Crippen LogP contribution in [0.2, 0.25) is 0 Å². The van der Waals surface area contributed by atoms with Gasteiger partial charge in [-0.05, 0) is 6.07 Å². The van der Waals surface area contributed by atoms with Gasteiger partial charge in [-0.1, -0.05) is 0 Å². The van der Waals surface area contributed by atoms with Crippen LogP contribution >= 0.6 is 15.4 Å². The van der Waals surface area contributed by atoms with E-state index >= 15 is 0 Å². The lowest BCUT2D eigenvalue weighted by Gasteiger charge is -2.44. The van der Waals surface area contributed by atoms with Crippen LogP contribution in [0.25, 0.3) is 0 Å². The summed E-state index contributed by atoms with van der Waals surface area (Å²) < 4.78 is 50.5. The zero-order valence-corrected chi connectivity index (χ0v) is 23.1. The summed E-state index contributed by atoms with van der Waals surface area (Å²) in [7, 11) is -11.4. The van der Waals surface area contributed by atoms with Gasteiger partial charge in [-0.3, -0.25) is 13.9 Å². The minimum atomic E-state index is -5.73. The minimum absolute atomic E-state index is 0.135. The predicted octanol–water partition coefficient (Wildman–Crippen LogP) is -5.19. The van der Waals surface area contributed by atoms with E-state index < -0.39 is 108 Å². The molecule has 234 valence electrons. The molecule has 2 fully saturated rings. The van der Waals surface area contributed by atoms with Gasteiger partial charge >= 0.3 is 5.69 Å². The van der Waals surface area contributed by atoms with Gasteiger partial charge < -0.3 is 74.0 Å². The average Bonchev–Trinajstić information content (AvgIpc) is 3.14. The number of rotatable bonds is 12. The molecule has 0 bridgehead atoms. The first-order chi connectivity index (χ1) is 19.0. The number of ether oxygens (including phenoxy) is 3. The number of amides is 1. The molecule has 11 atom stereocenters. The third kappa shape index (κ3) is 8.59. The second kappa shape index (κ2) is 13.6. The van der Waals surface area contributed by atoms with Crippen LogP contribution in [0.15, 0.2) is 17.1 Å². The Labute approximate surface area is 231 Å². The Balaban J connectivity index is 1.71. The molecule has 0 aromatic carbocycles. The average molecular weight is 632 g/mol. The van der Waals surface area contributed by atoms with Crippen LogP contribution in [0.3, 0.4) is 0 Å². The van der Waals surface area contributed by atoms with E-state index in [1.165, 1.54) is 6.07 Å². The third-order valence-electron chi connectivity index (χ3n) is 5.97. The molecule has 0 aliphatic carbocycles. The first kappa shape index (κ1) is 33.6. The molecule has 22 heteroatoms. The molecule has 3 rings (SSSR count). The Bertz CT molecular complexity index is 1210. The monoisotopic (exact) mass is 632 g/mol. The van der Waals surface area contributed by atoms with E-state index in [-0.39, 0.29) is 5.82 Å². The number of phosphoric ester groups is 1. The SMILES string of the molecule is CC(=O)N[C@H]1C(OCCO)O[C@@H](C(OP(=O)([O-])OC[C@H]2O[C@@H](n3ccc(N)nc3=O)C(O)[C@H]2O)P(=O)([O-])O)C[C@H]1O. The maximum Gasteiger partial charge on any atom is 0.351 e. The number of nitrogens with zero attached hydrogens (tertiary/aromatic N) is 2. The third-order valence-corrected chi connectivity index (χ3v) is 8.17. The van der Waals surface area contributed by atoms with Crippen molar-refractivity contribution in [1.29, 1.82) is 0 Å². The smallest absolute Gasteiger partial charge is 0.351 e. The highest BCUT2D eigenvalue weighted by atomic mass is 31.2. The summed E-state index contributed by atoms with van der Waals surface area (Å²) in [6.45, 7) is -0.867. The molecule has 20 nitrogen and oxygen atoms in total. The van der Waals surface area contributed by atoms with E-state index in [9.17, 15) is 48.7 Å². The Morgan fingerprint density at radius 2 is 1.98 bits per heavy atom. The lowest BCUT2D eigenvalue weighted by Crippen LogP contribution is -2.59. The Morgan fingerprint density at radius 3 is 2.56 bits per heavy atom.